The Balaban J connectivity index is 1.71. The lowest BCUT2D eigenvalue weighted by Crippen LogP contribution is -2.31. The number of anilines is 1. The number of benzene rings is 2. The number of rotatable bonds is 4. The molecule has 0 aliphatic carbocycles. The molecule has 0 saturated heterocycles. The second kappa shape index (κ2) is 7.26. The maximum absolute atomic E-state index is 13.8. The topological polar surface area (TPSA) is 84.7 Å². The Labute approximate surface area is 148 Å². The Bertz CT molecular complexity index is 929. The predicted molar refractivity (Wildman–Crippen MR) is 90.8 cm³/mol. The minimum Gasteiger partial charge on any atom is -0.331 e. The summed E-state index contributed by atoms with van der Waals surface area (Å²) in [5, 5.41) is 16.3. The standard InChI is InChI=1S/C17H16F2N6O/c1-10-3-5-13(8-16(10)25-9-20-23-24-25)22-17(26)21-11(2)14-6-4-12(18)7-15(14)19/h3-9,11H,1-2H3,(H2,21,22,26). The van der Waals surface area contributed by atoms with Crippen LogP contribution in [0.25, 0.3) is 5.69 Å². The van der Waals surface area contributed by atoms with Gasteiger partial charge >= 0.3 is 6.03 Å². The Morgan fingerprint density at radius 2 is 2.00 bits per heavy atom. The van der Waals surface area contributed by atoms with Crippen LogP contribution in [0.2, 0.25) is 0 Å². The molecule has 2 aromatic carbocycles. The van der Waals surface area contributed by atoms with Gasteiger partial charge in [-0.25, -0.2) is 18.3 Å². The fraction of sp³-hybridized carbons (Fsp3) is 0.176. The maximum atomic E-state index is 13.8. The number of carbonyl (C=O) groups is 1. The van der Waals surface area contributed by atoms with Gasteiger partial charge in [-0.15, -0.1) is 5.10 Å². The lowest BCUT2D eigenvalue weighted by atomic mass is 10.1. The Kier molecular flexibility index (Phi) is 4.87. The largest absolute Gasteiger partial charge is 0.331 e. The molecule has 0 saturated carbocycles. The van der Waals surface area contributed by atoms with Crippen LogP contribution in [-0.4, -0.2) is 26.2 Å². The fourth-order valence-corrected chi connectivity index (χ4v) is 2.50. The zero-order chi connectivity index (χ0) is 18.7. The summed E-state index contributed by atoms with van der Waals surface area (Å²) in [5.41, 5.74) is 2.35. The van der Waals surface area contributed by atoms with Gasteiger partial charge in [-0.3, -0.25) is 0 Å². The fourth-order valence-electron chi connectivity index (χ4n) is 2.50. The van der Waals surface area contributed by atoms with E-state index in [9.17, 15) is 13.6 Å². The van der Waals surface area contributed by atoms with Crippen molar-refractivity contribution >= 4 is 11.7 Å². The molecule has 7 nitrogen and oxygen atoms in total. The number of amides is 2. The first-order valence-corrected chi connectivity index (χ1v) is 7.80. The van der Waals surface area contributed by atoms with Crippen LogP contribution in [-0.2, 0) is 0 Å². The number of nitrogens with one attached hydrogen (secondary N) is 2. The summed E-state index contributed by atoms with van der Waals surface area (Å²) < 4.78 is 28.3. The molecular formula is C17H16F2N6O. The second-order valence-corrected chi connectivity index (χ2v) is 5.74. The van der Waals surface area contributed by atoms with Crippen LogP contribution < -0.4 is 10.6 Å². The van der Waals surface area contributed by atoms with Gasteiger partial charge in [-0.05, 0) is 48.0 Å². The van der Waals surface area contributed by atoms with Crippen LogP contribution in [0.4, 0.5) is 19.3 Å². The number of hydrogen-bond acceptors (Lipinski definition) is 4. The van der Waals surface area contributed by atoms with E-state index in [-0.39, 0.29) is 5.56 Å². The molecule has 134 valence electrons. The predicted octanol–water partition coefficient (Wildman–Crippen LogP) is 3.13. The van der Waals surface area contributed by atoms with E-state index in [0.717, 1.165) is 17.7 Å². The number of nitrogens with zero attached hydrogens (tertiary/aromatic N) is 4. The lowest BCUT2D eigenvalue weighted by molar-refractivity contribution is 0.249. The first-order valence-electron chi connectivity index (χ1n) is 7.80. The molecule has 3 aromatic rings. The molecule has 26 heavy (non-hydrogen) atoms. The van der Waals surface area contributed by atoms with Crippen LogP contribution in [0.5, 0.6) is 0 Å². The Morgan fingerprint density at radius 1 is 1.19 bits per heavy atom. The van der Waals surface area contributed by atoms with E-state index >= 15 is 0 Å². The first-order chi connectivity index (χ1) is 12.4. The maximum Gasteiger partial charge on any atom is 0.319 e. The first kappa shape index (κ1) is 17.5. The summed E-state index contributed by atoms with van der Waals surface area (Å²) in [6.07, 6.45) is 1.45. The number of aryl methyl sites for hydroxylation is 1. The van der Waals surface area contributed by atoms with Crippen molar-refractivity contribution in [2.24, 2.45) is 0 Å². The monoisotopic (exact) mass is 358 g/mol. The number of aromatic nitrogens is 4. The summed E-state index contributed by atoms with van der Waals surface area (Å²) in [4.78, 5) is 12.2. The van der Waals surface area contributed by atoms with E-state index in [1.807, 2.05) is 13.0 Å². The smallest absolute Gasteiger partial charge is 0.319 e. The summed E-state index contributed by atoms with van der Waals surface area (Å²) >= 11 is 0. The van der Waals surface area contributed by atoms with Gasteiger partial charge in [0.05, 0.1) is 11.7 Å². The van der Waals surface area contributed by atoms with E-state index < -0.39 is 23.7 Å². The molecule has 1 heterocycles. The van der Waals surface area contributed by atoms with Crippen molar-refractivity contribution in [1.29, 1.82) is 0 Å². The molecule has 0 aliphatic heterocycles. The van der Waals surface area contributed by atoms with Gasteiger partial charge in [-0.2, -0.15) is 0 Å². The van der Waals surface area contributed by atoms with Crippen LogP contribution >= 0.6 is 0 Å². The van der Waals surface area contributed by atoms with Gasteiger partial charge in [0.15, 0.2) is 0 Å². The summed E-state index contributed by atoms with van der Waals surface area (Å²) in [5.74, 6) is -1.38. The average Bonchev–Trinajstić information content (AvgIpc) is 3.10. The van der Waals surface area contributed by atoms with E-state index in [2.05, 4.69) is 26.2 Å². The molecule has 0 fully saturated rings. The zero-order valence-electron chi connectivity index (χ0n) is 14.1. The van der Waals surface area contributed by atoms with Crippen molar-refractivity contribution in [1.82, 2.24) is 25.5 Å². The van der Waals surface area contributed by atoms with Gasteiger partial charge in [0, 0.05) is 17.3 Å². The van der Waals surface area contributed by atoms with Crippen molar-refractivity contribution < 1.29 is 13.6 Å². The number of halogens is 2. The summed E-state index contributed by atoms with van der Waals surface area (Å²) in [6, 6.07) is 7.33. The van der Waals surface area contributed by atoms with Gasteiger partial charge in [0.25, 0.3) is 0 Å². The molecule has 1 aromatic heterocycles. The minimum atomic E-state index is -0.714. The Morgan fingerprint density at radius 3 is 2.69 bits per heavy atom. The van der Waals surface area contributed by atoms with Crippen LogP contribution in [0, 0.1) is 18.6 Å². The van der Waals surface area contributed by atoms with Gasteiger partial charge < -0.3 is 10.6 Å². The molecule has 2 N–H and O–H groups in total. The molecule has 1 unspecified atom stereocenters. The summed E-state index contributed by atoms with van der Waals surface area (Å²) in [7, 11) is 0. The lowest BCUT2D eigenvalue weighted by Gasteiger charge is -2.16. The Hall–Kier alpha value is -3.36. The van der Waals surface area contributed by atoms with Crippen molar-refractivity contribution in [2.75, 3.05) is 5.32 Å². The average molecular weight is 358 g/mol. The van der Waals surface area contributed by atoms with E-state index in [4.69, 9.17) is 0 Å². The highest BCUT2D eigenvalue weighted by molar-refractivity contribution is 5.89. The summed E-state index contributed by atoms with van der Waals surface area (Å²) in [6.45, 7) is 3.50. The highest BCUT2D eigenvalue weighted by Crippen LogP contribution is 2.20. The van der Waals surface area contributed by atoms with E-state index in [1.54, 1.807) is 19.1 Å². The third kappa shape index (κ3) is 3.82. The van der Waals surface area contributed by atoms with Crippen LogP contribution in [0.15, 0.2) is 42.7 Å². The normalized spacial score (nSPS) is 11.8. The number of urea groups is 1. The van der Waals surface area contributed by atoms with Gasteiger partial charge in [0.2, 0.25) is 0 Å². The highest BCUT2D eigenvalue weighted by atomic mass is 19.1. The van der Waals surface area contributed by atoms with Crippen LogP contribution in [0.1, 0.15) is 24.1 Å². The van der Waals surface area contributed by atoms with Gasteiger partial charge in [0.1, 0.15) is 18.0 Å². The highest BCUT2D eigenvalue weighted by Gasteiger charge is 2.15. The third-order valence-electron chi connectivity index (χ3n) is 3.84. The molecule has 2 amide bonds. The van der Waals surface area contributed by atoms with Crippen LogP contribution in [0.3, 0.4) is 0 Å². The SMILES string of the molecule is Cc1ccc(NC(=O)NC(C)c2ccc(F)cc2F)cc1-n1cnnn1. The molecule has 0 radical (unpaired) electrons. The van der Waals surface area contributed by atoms with Gasteiger partial charge in [-0.1, -0.05) is 12.1 Å². The minimum absolute atomic E-state index is 0.194. The molecule has 9 heteroatoms. The van der Waals surface area contributed by atoms with Crippen molar-refractivity contribution in [3.05, 3.63) is 65.5 Å². The molecule has 0 aliphatic rings. The zero-order valence-corrected chi connectivity index (χ0v) is 14.1. The molecule has 0 bridgehead atoms. The van der Waals surface area contributed by atoms with Crippen molar-refractivity contribution in [3.8, 4) is 5.69 Å². The van der Waals surface area contributed by atoms with E-state index in [0.29, 0.717) is 11.4 Å². The third-order valence-corrected chi connectivity index (χ3v) is 3.84. The van der Waals surface area contributed by atoms with E-state index in [1.165, 1.54) is 17.1 Å². The molecule has 1 atom stereocenters. The number of tetrazole rings is 1. The number of carbonyl (C=O) groups excluding carboxylic acids is 1. The second-order valence-electron chi connectivity index (χ2n) is 5.74. The molecule has 3 rings (SSSR count). The van der Waals surface area contributed by atoms with Crippen molar-refractivity contribution in [2.45, 2.75) is 19.9 Å². The molecule has 0 spiro atoms. The number of hydrogen-bond donors (Lipinski definition) is 2. The quantitative estimate of drug-likeness (QED) is 0.750. The molecular weight excluding hydrogens is 342 g/mol. The van der Waals surface area contributed by atoms with Crippen molar-refractivity contribution in [3.63, 3.8) is 0 Å².